The van der Waals surface area contributed by atoms with Gasteiger partial charge in [-0.3, -0.25) is 0 Å². The van der Waals surface area contributed by atoms with Gasteiger partial charge in [-0.05, 0) is 25.0 Å². The average Bonchev–Trinajstić information content (AvgIpc) is 2.61. The van der Waals surface area contributed by atoms with Crippen LogP contribution in [0.15, 0.2) is 24.3 Å². The Morgan fingerprint density at radius 2 is 0.958 bits per heavy atom. The first kappa shape index (κ1) is 20.9. The van der Waals surface area contributed by atoms with E-state index in [4.69, 9.17) is 9.47 Å². The molecule has 0 aliphatic carbocycles. The number of hydrogen-bond donors (Lipinski definition) is 0. The summed E-state index contributed by atoms with van der Waals surface area (Å²) in [5.74, 6) is 1.78. The van der Waals surface area contributed by atoms with Gasteiger partial charge in [0.1, 0.15) is 0 Å². The van der Waals surface area contributed by atoms with Gasteiger partial charge < -0.3 is 9.47 Å². The number of ether oxygens (including phenoxy) is 2. The summed E-state index contributed by atoms with van der Waals surface area (Å²) in [6, 6.07) is 8.04. The topological polar surface area (TPSA) is 18.5 Å². The van der Waals surface area contributed by atoms with E-state index < -0.39 is 0 Å². The molecule has 0 radical (unpaired) electrons. The molecule has 0 heterocycles. The van der Waals surface area contributed by atoms with E-state index >= 15 is 0 Å². The van der Waals surface area contributed by atoms with Crippen LogP contribution in [0.4, 0.5) is 0 Å². The Morgan fingerprint density at radius 1 is 0.542 bits per heavy atom. The number of benzene rings is 1. The molecular weight excluding hydrogens is 296 g/mol. The summed E-state index contributed by atoms with van der Waals surface area (Å²) in [7, 11) is 0. The molecule has 0 unspecified atom stereocenters. The van der Waals surface area contributed by atoms with Gasteiger partial charge >= 0.3 is 0 Å². The Hall–Kier alpha value is -1.18. The second kappa shape index (κ2) is 15.4. The summed E-state index contributed by atoms with van der Waals surface area (Å²) in [4.78, 5) is 0. The molecule has 0 amide bonds. The predicted molar refractivity (Wildman–Crippen MR) is 104 cm³/mol. The van der Waals surface area contributed by atoms with E-state index in [9.17, 15) is 0 Å². The fourth-order valence-electron chi connectivity index (χ4n) is 2.79. The molecule has 0 fully saturated rings. The van der Waals surface area contributed by atoms with Crippen LogP contribution in [0.25, 0.3) is 0 Å². The first-order valence-electron chi connectivity index (χ1n) is 10.2. The minimum absolute atomic E-state index is 0.773. The molecule has 2 nitrogen and oxygen atoms in total. The summed E-state index contributed by atoms with van der Waals surface area (Å²) in [5.41, 5.74) is 0. The lowest BCUT2D eigenvalue weighted by Gasteiger charge is -2.12. The molecular formula is C22H38O2. The van der Waals surface area contributed by atoms with Crippen molar-refractivity contribution in [3.05, 3.63) is 24.3 Å². The molecule has 1 aromatic carbocycles. The lowest BCUT2D eigenvalue weighted by Crippen LogP contribution is -2.02. The maximum absolute atomic E-state index is 5.91. The monoisotopic (exact) mass is 334 g/mol. The Labute approximate surface area is 149 Å². The van der Waals surface area contributed by atoms with E-state index in [2.05, 4.69) is 13.8 Å². The van der Waals surface area contributed by atoms with Crippen molar-refractivity contribution in [3.63, 3.8) is 0 Å². The highest BCUT2D eigenvalue weighted by atomic mass is 16.5. The van der Waals surface area contributed by atoms with Gasteiger partial charge in [-0.15, -0.1) is 0 Å². The highest BCUT2D eigenvalue weighted by Gasteiger charge is 2.03. The predicted octanol–water partition coefficient (Wildman–Crippen LogP) is 7.17. The van der Waals surface area contributed by atoms with Crippen LogP contribution in [0.2, 0.25) is 0 Å². The van der Waals surface area contributed by atoms with Crippen molar-refractivity contribution in [3.8, 4) is 11.5 Å². The van der Waals surface area contributed by atoms with Crippen molar-refractivity contribution in [2.24, 2.45) is 0 Å². The lowest BCUT2D eigenvalue weighted by atomic mass is 10.1. The molecule has 0 saturated carbocycles. The van der Waals surface area contributed by atoms with E-state index in [0.29, 0.717) is 0 Å². The van der Waals surface area contributed by atoms with Crippen LogP contribution in [0.3, 0.4) is 0 Å². The first-order valence-corrected chi connectivity index (χ1v) is 10.2. The van der Waals surface area contributed by atoms with E-state index in [-0.39, 0.29) is 0 Å². The standard InChI is InChI=1S/C22H38O2/c1-3-5-7-8-9-10-11-12-13-16-20-24-22-18-15-14-17-21(22)23-19-6-4-2/h14-15,17-18H,3-13,16,19-20H2,1-2H3. The summed E-state index contributed by atoms with van der Waals surface area (Å²) in [6.07, 6.45) is 15.8. The third-order valence-electron chi connectivity index (χ3n) is 4.36. The van der Waals surface area contributed by atoms with Gasteiger partial charge in [0.05, 0.1) is 13.2 Å². The third-order valence-corrected chi connectivity index (χ3v) is 4.36. The molecule has 138 valence electrons. The highest BCUT2D eigenvalue weighted by molar-refractivity contribution is 5.39. The summed E-state index contributed by atoms with van der Waals surface area (Å²) in [6.45, 7) is 6.02. The fraction of sp³-hybridized carbons (Fsp3) is 0.727. The van der Waals surface area contributed by atoms with Crippen molar-refractivity contribution in [2.75, 3.05) is 13.2 Å². The van der Waals surface area contributed by atoms with Gasteiger partial charge in [0.15, 0.2) is 11.5 Å². The number of rotatable bonds is 16. The SMILES string of the molecule is CCCCCCCCCCCCOc1ccccc1OCCCC. The van der Waals surface area contributed by atoms with Crippen LogP contribution in [-0.4, -0.2) is 13.2 Å². The van der Waals surface area contributed by atoms with Crippen molar-refractivity contribution < 1.29 is 9.47 Å². The van der Waals surface area contributed by atoms with Crippen molar-refractivity contribution in [1.29, 1.82) is 0 Å². The summed E-state index contributed by atoms with van der Waals surface area (Å²) in [5, 5.41) is 0. The molecule has 0 aromatic heterocycles. The second-order valence-corrected chi connectivity index (χ2v) is 6.68. The van der Waals surface area contributed by atoms with Crippen LogP contribution in [0, 0.1) is 0 Å². The largest absolute Gasteiger partial charge is 0.490 e. The zero-order valence-electron chi connectivity index (χ0n) is 16.0. The van der Waals surface area contributed by atoms with E-state index in [1.807, 2.05) is 24.3 Å². The van der Waals surface area contributed by atoms with E-state index in [0.717, 1.165) is 44.0 Å². The summed E-state index contributed by atoms with van der Waals surface area (Å²) >= 11 is 0. The van der Waals surface area contributed by atoms with Crippen LogP contribution >= 0.6 is 0 Å². The third kappa shape index (κ3) is 10.6. The second-order valence-electron chi connectivity index (χ2n) is 6.68. The van der Waals surface area contributed by atoms with Crippen molar-refractivity contribution in [1.82, 2.24) is 0 Å². The Kier molecular flexibility index (Phi) is 13.3. The van der Waals surface area contributed by atoms with Gasteiger partial charge in [0.2, 0.25) is 0 Å². The van der Waals surface area contributed by atoms with E-state index in [1.54, 1.807) is 0 Å². The molecule has 0 saturated heterocycles. The zero-order valence-corrected chi connectivity index (χ0v) is 16.0. The molecule has 0 N–H and O–H groups in total. The summed E-state index contributed by atoms with van der Waals surface area (Å²) < 4.78 is 11.7. The molecule has 0 aliphatic rings. The average molecular weight is 335 g/mol. The number of para-hydroxylation sites is 2. The first-order chi connectivity index (χ1) is 11.9. The maximum atomic E-state index is 5.91. The smallest absolute Gasteiger partial charge is 0.161 e. The molecule has 0 spiro atoms. The van der Waals surface area contributed by atoms with Gasteiger partial charge in [0.25, 0.3) is 0 Å². The molecule has 0 bridgehead atoms. The van der Waals surface area contributed by atoms with Crippen molar-refractivity contribution in [2.45, 2.75) is 90.9 Å². The van der Waals surface area contributed by atoms with Crippen LogP contribution in [0.5, 0.6) is 11.5 Å². The van der Waals surface area contributed by atoms with Gasteiger partial charge in [-0.25, -0.2) is 0 Å². The van der Waals surface area contributed by atoms with Crippen LogP contribution in [0.1, 0.15) is 90.9 Å². The normalized spacial score (nSPS) is 10.8. The highest BCUT2D eigenvalue weighted by Crippen LogP contribution is 2.26. The number of unbranched alkanes of at least 4 members (excludes halogenated alkanes) is 10. The Bertz CT molecular complexity index is 389. The van der Waals surface area contributed by atoms with Crippen LogP contribution < -0.4 is 9.47 Å². The van der Waals surface area contributed by atoms with Gasteiger partial charge in [0, 0.05) is 0 Å². The fourth-order valence-corrected chi connectivity index (χ4v) is 2.79. The van der Waals surface area contributed by atoms with Crippen LogP contribution in [-0.2, 0) is 0 Å². The lowest BCUT2D eigenvalue weighted by molar-refractivity contribution is 0.260. The Balaban J connectivity index is 2.03. The van der Waals surface area contributed by atoms with E-state index in [1.165, 1.54) is 57.8 Å². The molecule has 1 aromatic rings. The number of hydrogen-bond acceptors (Lipinski definition) is 2. The quantitative estimate of drug-likeness (QED) is 0.298. The zero-order chi connectivity index (χ0) is 17.3. The molecule has 0 aliphatic heterocycles. The van der Waals surface area contributed by atoms with Gasteiger partial charge in [-0.1, -0.05) is 90.2 Å². The van der Waals surface area contributed by atoms with Gasteiger partial charge in [-0.2, -0.15) is 0 Å². The maximum Gasteiger partial charge on any atom is 0.161 e. The Morgan fingerprint density at radius 3 is 1.46 bits per heavy atom. The minimum Gasteiger partial charge on any atom is -0.490 e. The minimum atomic E-state index is 0.773. The molecule has 0 atom stereocenters. The molecule has 24 heavy (non-hydrogen) atoms. The molecule has 2 heteroatoms. The van der Waals surface area contributed by atoms with Crippen molar-refractivity contribution >= 4 is 0 Å². The molecule has 1 rings (SSSR count).